The summed E-state index contributed by atoms with van der Waals surface area (Å²) in [5.41, 5.74) is 0.461. The van der Waals surface area contributed by atoms with Gasteiger partial charge >= 0.3 is 5.97 Å². The fourth-order valence-electron chi connectivity index (χ4n) is 1.74. The Morgan fingerprint density at radius 3 is 2.44 bits per heavy atom. The summed E-state index contributed by atoms with van der Waals surface area (Å²) in [6.07, 6.45) is 2.33. The van der Waals surface area contributed by atoms with Crippen LogP contribution in [0.15, 0.2) is 48.8 Å². The van der Waals surface area contributed by atoms with Crippen molar-refractivity contribution in [3.05, 3.63) is 60.2 Å². The van der Waals surface area contributed by atoms with Gasteiger partial charge in [0.05, 0.1) is 11.9 Å². The predicted octanol–water partition coefficient (Wildman–Crippen LogP) is 3.50. The van der Waals surface area contributed by atoms with Crippen LogP contribution >= 0.6 is 0 Å². The summed E-state index contributed by atoms with van der Waals surface area (Å²) in [6, 6.07) is 5.70. The molecule has 0 aliphatic carbocycles. The molecule has 1 atom stereocenters. The first kappa shape index (κ1) is 14.1. The van der Waals surface area contributed by atoms with E-state index < -0.39 is 11.9 Å². The van der Waals surface area contributed by atoms with E-state index in [4.69, 9.17) is 5.11 Å². The van der Waals surface area contributed by atoms with Gasteiger partial charge in [-0.05, 0) is 30.5 Å². The van der Waals surface area contributed by atoms with Crippen molar-refractivity contribution in [2.24, 2.45) is 5.92 Å². The molecule has 0 saturated carbocycles. The highest BCUT2D eigenvalue weighted by molar-refractivity contribution is 5.86. The Hall–Kier alpha value is -1.97. The predicted molar refractivity (Wildman–Crippen MR) is 65.2 cm³/mol. The molecule has 18 heavy (non-hydrogen) atoms. The second-order valence-corrected chi connectivity index (χ2v) is 3.92. The maximum atomic E-state index is 12.7. The first-order chi connectivity index (χ1) is 8.58. The van der Waals surface area contributed by atoms with E-state index in [9.17, 15) is 13.6 Å². The van der Waals surface area contributed by atoms with Gasteiger partial charge in [-0.25, -0.2) is 13.6 Å². The van der Waals surface area contributed by atoms with Crippen LogP contribution in [0.3, 0.4) is 0 Å². The van der Waals surface area contributed by atoms with Gasteiger partial charge in [-0.2, -0.15) is 0 Å². The smallest absolute Gasteiger partial charge is 0.334 e. The highest BCUT2D eigenvalue weighted by atomic mass is 19.1. The lowest BCUT2D eigenvalue weighted by Crippen LogP contribution is -2.14. The van der Waals surface area contributed by atoms with Crippen molar-refractivity contribution in [2.45, 2.75) is 12.8 Å². The molecule has 1 aromatic carbocycles. The van der Waals surface area contributed by atoms with E-state index in [2.05, 4.69) is 6.58 Å². The normalized spacial score (nSPS) is 13.1. The van der Waals surface area contributed by atoms with E-state index >= 15 is 0 Å². The average molecular weight is 252 g/mol. The lowest BCUT2D eigenvalue weighted by molar-refractivity contribution is -0.133. The number of allylic oxidation sites excluding steroid dienone is 1. The van der Waals surface area contributed by atoms with Gasteiger partial charge in [-0.1, -0.05) is 18.2 Å². The second kappa shape index (κ2) is 6.69. The second-order valence-electron chi connectivity index (χ2n) is 3.92. The standard InChI is InChI=1S/C14H14F2O2/c1-2-3-11(13(9-15)14(17)18)8-10-4-6-12(16)7-5-10/h2,4-7,9,11H,1,3,8H2,(H,17,18). The van der Waals surface area contributed by atoms with Crippen LogP contribution in [0.2, 0.25) is 0 Å². The summed E-state index contributed by atoms with van der Waals surface area (Å²) in [6.45, 7) is 3.53. The highest BCUT2D eigenvalue weighted by Crippen LogP contribution is 2.22. The van der Waals surface area contributed by atoms with Crippen LogP contribution in [0.1, 0.15) is 12.0 Å². The quantitative estimate of drug-likeness (QED) is 0.621. The molecule has 1 N–H and O–H groups in total. The van der Waals surface area contributed by atoms with Crippen molar-refractivity contribution in [2.75, 3.05) is 0 Å². The molecule has 0 saturated heterocycles. The fraction of sp³-hybridized carbons (Fsp3) is 0.214. The van der Waals surface area contributed by atoms with Gasteiger partial charge in [0.15, 0.2) is 0 Å². The Balaban J connectivity index is 2.89. The number of carboxylic acid groups (broad SMARTS) is 1. The summed E-state index contributed by atoms with van der Waals surface area (Å²) < 4.78 is 25.4. The number of aliphatic carboxylic acids is 1. The Morgan fingerprint density at radius 1 is 1.39 bits per heavy atom. The topological polar surface area (TPSA) is 37.3 Å². The van der Waals surface area contributed by atoms with Crippen molar-refractivity contribution in [1.82, 2.24) is 0 Å². The lowest BCUT2D eigenvalue weighted by atomic mass is 9.89. The third-order valence-corrected chi connectivity index (χ3v) is 2.65. The van der Waals surface area contributed by atoms with Gasteiger partial charge in [-0.15, -0.1) is 6.58 Å². The monoisotopic (exact) mass is 252 g/mol. The Morgan fingerprint density at radius 2 is 2.00 bits per heavy atom. The molecule has 0 heterocycles. The fourth-order valence-corrected chi connectivity index (χ4v) is 1.74. The Kier molecular flexibility index (Phi) is 5.24. The molecule has 2 nitrogen and oxygen atoms in total. The van der Waals surface area contributed by atoms with Gasteiger partial charge in [-0.3, -0.25) is 0 Å². The van der Waals surface area contributed by atoms with Crippen LogP contribution in [0, 0.1) is 11.7 Å². The van der Waals surface area contributed by atoms with Crippen molar-refractivity contribution in [3.63, 3.8) is 0 Å². The number of hydrogen-bond acceptors (Lipinski definition) is 1. The first-order valence-electron chi connectivity index (χ1n) is 5.47. The molecular formula is C14H14F2O2. The minimum atomic E-state index is -1.29. The third-order valence-electron chi connectivity index (χ3n) is 2.65. The highest BCUT2D eigenvalue weighted by Gasteiger charge is 2.20. The zero-order chi connectivity index (χ0) is 13.5. The molecule has 0 aromatic heterocycles. The van der Waals surface area contributed by atoms with Gasteiger partial charge in [0.1, 0.15) is 5.82 Å². The minimum absolute atomic E-state index is 0.111. The number of rotatable bonds is 6. The molecule has 0 amide bonds. The van der Waals surface area contributed by atoms with E-state index in [-0.39, 0.29) is 17.7 Å². The molecule has 96 valence electrons. The summed E-state index contributed by atoms with van der Waals surface area (Å²) >= 11 is 0. The molecule has 0 bridgehead atoms. The molecule has 1 aromatic rings. The largest absolute Gasteiger partial charge is 0.478 e. The van der Waals surface area contributed by atoms with Crippen molar-refractivity contribution >= 4 is 5.97 Å². The maximum Gasteiger partial charge on any atom is 0.334 e. The van der Waals surface area contributed by atoms with Crippen LogP contribution in [-0.2, 0) is 11.2 Å². The summed E-state index contributed by atoms with van der Waals surface area (Å²) in [4.78, 5) is 10.9. The number of benzene rings is 1. The van der Waals surface area contributed by atoms with Crippen molar-refractivity contribution in [1.29, 1.82) is 0 Å². The third kappa shape index (κ3) is 3.80. The molecule has 0 aliphatic rings. The average Bonchev–Trinajstić information content (AvgIpc) is 2.32. The van der Waals surface area contributed by atoms with Gasteiger partial charge < -0.3 is 5.11 Å². The van der Waals surface area contributed by atoms with E-state index in [1.165, 1.54) is 12.1 Å². The van der Waals surface area contributed by atoms with Crippen molar-refractivity contribution < 1.29 is 18.7 Å². The van der Waals surface area contributed by atoms with Crippen LogP contribution in [-0.4, -0.2) is 11.1 Å². The Labute approximate surface area is 104 Å². The molecule has 4 heteroatoms. The van der Waals surface area contributed by atoms with E-state index in [1.807, 2.05) is 0 Å². The summed E-state index contributed by atoms with van der Waals surface area (Å²) in [5, 5.41) is 8.89. The lowest BCUT2D eigenvalue weighted by Gasteiger charge is -2.15. The SMILES string of the molecule is C=CCC(Cc1ccc(F)cc1)C(=CF)C(=O)O. The molecule has 0 aliphatic heterocycles. The van der Waals surface area contributed by atoms with E-state index in [0.29, 0.717) is 12.8 Å². The molecule has 0 spiro atoms. The van der Waals surface area contributed by atoms with Crippen LogP contribution < -0.4 is 0 Å². The first-order valence-corrected chi connectivity index (χ1v) is 5.47. The summed E-state index contributed by atoms with van der Waals surface area (Å²) in [5.74, 6) is -2.15. The maximum absolute atomic E-state index is 12.7. The van der Waals surface area contributed by atoms with Gasteiger partial charge in [0, 0.05) is 5.92 Å². The Bertz CT molecular complexity index is 449. The number of carboxylic acids is 1. The van der Waals surface area contributed by atoms with Gasteiger partial charge in [0.25, 0.3) is 0 Å². The molecule has 0 radical (unpaired) electrons. The van der Waals surface area contributed by atoms with Gasteiger partial charge in [0.2, 0.25) is 0 Å². The van der Waals surface area contributed by atoms with E-state index in [1.54, 1.807) is 18.2 Å². The molecule has 1 unspecified atom stereocenters. The van der Waals surface area contributed by atoms with E-state index in [0.717, 1.165) is 5.56 Å². The zero-order valence-electron chi connectivity index (χ0n) is 9.77. The molecule has 1 rings (SSSR count). The van der Waals surface area contributed by atoms with Crippen LogP contribution in [0.5, 0.6) is 0 Å². The summed E-state index contributed by atoms with van der Waals surface area (Å²) in [7, 11) is 0. The molecular weight excluding hydrogens is 238 g/mol. The van der Waals surface area contributed by atoms with Crippen LogP contribution in [0.4, 0.5) is 8.78 Å². The number of carbonyl (C=O) groups is 1. The van der Waals surface area contributed by atoms with Crippen molar-refractivity contribution in [3.8, 4) is 0 Å². The van der Waals surface area contributed by atoms with Crippen LogP contribution in [0.25, 0.3) is 0 Å². The zero-order valence-corrected chi connectivity index (χ0v) is 9.77. The molecule has 0 fully saturated rings. The minimum Gasteiger partial charge on any atom is -0.478 e. The number of halogens is 2. The number of hydrogen-bond donors (Lipinski definition) is 1.